The Bertz CT molecular complexity index is 747. The Morgan fingerprint density at radius 2 is 2.35 bits per heavy atom. The van der Waals surface area contributed by atoms with Gasteiger partial charge >= 0.3 is 0 Å². The molecule has 1 aliphatic heterocycles. The van der Waals surface area contributed by atoms with E-state index in [2.05, 4.69) is 11.9 Å². The number of nitro benzene ring substituents is 1. The van der Waals surface area contributed by atoms with Crippen LogP contribution in [0.25, 0.3) is 10.2 Å². The molecule has 1 atom stereocenters. The number of fused-ring (bicyclic) bond motifs is 1. The second kappa shape index (κ2) is 6.84. The summed E-state index contributed by atoms with van der Waals surface area (Å²) in [6, 6.07) is 4.96. The third-order valence-electron chi connectivity index (χ3n) is 4.01. The molecular formula is C15H17N3O3S2. The molecule has 0 spiro atoms. The van der Waals surface area contributed by atoms with Crippen molar-refractivity contribution in [3.63, 3.8) is 0 Å². The molecule has 1 saturated heterocycles. The van der Waals surface area contributed by atoms with Crippen LogP contribution >= 0.6 is 23.1 Å². The van der Waals surface area contributed by atoms with Crippen molar-refractivity contribution in [3.05, 3.63) is 28.3 Å². The summed E-state index contributed by atoms with van der Waals surface area (Å²) in [6.45, 7) is 2.94. The molecule has 0 saturated carbocycles. The van der Waals surface area contributed by atoms with Crippen molar-refractivity contribution in [2.45, 2.75) is 36.6 Å². The molecule has 1 fully saturated rings. The highest BCUT2D eigenvalue weighted by Gasteiger charge is 2.23. The standard InChI is InChI=1S/C15H17N3O3S2/c1-10-4-2-3-7-17(10)14(19)9-22-15-16-12-6-5-11(18(20)21)8-13(12)23-15/h5-6,8,10H,2-4,7,9H2,1H3/t10-/m1/s1. The van der Waals surface area contributed by atoms with E-state index in [1.54, 1.807) is 6.07 Å². The Morgan fingerprint density at radius 1 is 1.52 bits per heavy atom. The monoisotopic (exact) mass is 351 g/mol. The number of amides is 1. The molecular weight excluding hydrogens is 334 g/mol. The number of aromatic nitrogens is 1. The van der Waals surface area contributed by atoms with Gasteiger partial charge in [0.1, 0.15) is 0 Å². The predicted molar refractivity (Wildman–Crippen MR) is 92.0 cm³/mol. The molecule has 2 heterocycles. The SMILES string of the molecule is C[C@@H]1CCCCN1C(=O)CSc1nc2ccc([N+](=O)[O-])cc2s1. The molecule has 1 aromatic heterocycles. The molecule has 1 amide bonds. The van der Waals surface area contributed by atoms with E-state index in [1.165, 1.54) is 41.7 Å². The van der Waals surface area contributed by atoms with Gasteiger partial charge in [0.05, 0.1) is 20.9 Å². The summed E-state index contributed by atoms with van der Waals surface area (Å²) < 4.78 is 1.55. The van der Waals surface area contributed by atoms with E-state index in [0.29, 0.717) is 11.8 Å². The van der Waals surface area contributed by atoms with Gasteiger partial charge in [-0.1, -0.05) is 11.8 Å². The number of carbonyl (C=O) groups is 1. The summed E-state index contributed by atoms with van der Waals surface area (Å²) in [7, 11) is 0. The summed E-state index contributed by atoms with van der Waals surface area (Å²) in [5.74, 6) is 0.513. The van der Waals surface area contributed by atoms with Crippen molar-refractivity contribution in [3.8, 4) is 0 Å². The number of nitrogens with zero attached hydrogens (tertiary/aromatic N) is 3. The van der Waals surface area contributed by atoms with Gasteiger partial charge < -0.3 is 4.90 Å². The van der Waals surface area contributed by atoms with Crippen molar-refractivity contribution in [2.24, 2.45) is 0 Å². The van der Waals surface area contributed by atoms with Crippen LogP contribution in [0, 0.1) is 10.1 Å². The van der Waals surface area contributed by atoms with Crippen LogP contribution in [-0.2, 0) is 4.79 Å². The normalized spacial score (nSPS) is 18.3. The molecule has 2 aromatic rings. The van der Waals surface area contributed by atoms with Gasteiger partial charge in [0.15, 0.2) is 4.34 Å². The molecule has 3 rings (SSSR count). The summed E-state index contributed by atoms with van der Waals surface area (Å²) in [5.41, 5.74) is 0.804. The average Bonchev–Trinajstić information content (AvgIpc) is 2.95. The number of nitro groups is 1. The maximum absolute atomic E-state index is 12.3. The van der Waals surface area contributed by atoms with Crippen molar-refractivity contribution in [2.75, 3.05) is 12.3 Å². The summed E-state index contributed by atoms with van der Waals surface area (Å²) in [4.78, 5) is 29.1. The van der Waals surface area contributed by atoms with Gasteiger partial charge in [-0.3, -0.25) is 14.9 Å². The van der Waals surface area contributed by atoms with Gasteiger partial charge in [-0.15, -0.1) is 11.3 Å². The van der Waals surface area contributed by atoms with E-state index in [4.69, 9.17) is 0 Å². The van der Waals surface area contributed by atoms with Gasteiger partial charge in [-0.2, -0.15) is 0 Å². The fourth-order valence-corrected chi connectivity index (χ4v) is 4.73. The number of hydrogen-bond acceptors (Lipinski definition) is 6. The number of rotatable bonds is 4. The van der Waals surface area contributed by atoms with E-state index >= 15 is 0 Å². The molecule has 23 heavy (non-hydrogen) atoms. The maximum Gasteiger partial charge on any atom is 0.270 e. The second-order valence-corrected chi connectivity index (χ2v) is 7.86. The lowest BCUT2D eigenvalue weighted by Gasteiger charge is -2.33. The minimum atomic E-state index is -0.409. The lowest BCUT2D eigenvalue weighted by Crippen LogP contribution is -2.42. The molecule has 0 unspecified atom stereocenters. The average molecular weight is 351 g/mol. The quantitative estimate of drug-likeness (QED) is 0.477. The largest absolute Gasteiger partial charge is 0.339 e. The first-order valence-corrected chi connectivity index (χ1v) is 9.32. The summed E-state index contributed by atoms with van der Waals surface area (Å²) >= 11 is 2.81. The summed E-state index contributed by atoms with van der Waals surface area (Å²) in [6.07, 6.45) is 3.33. The van der Waals surface area contributed by atoms with Gasteiger partial charge in [0.25, 0.3) is 5.69 Å². The van der Waals surface area contributed by atoms with Crippen molar-refractivity contribution in [1.82, 2.24) is 9.88 Å². The van der Waals surface area contributed by atoms with E-state index in [9.17, 15) is 14.9 Å². The molecule has 6 nitrogen and oxygen atoms in total. The van der Waals surface area contributed by atoms with Crippen LogP contribution in [-0.4, -0.2) is 39.1 Å². The number of likely N-dealkylation sites (tertiary alicyclic amines) is 1. The van der Waals surface area contributed by atoms with Gasteiger partial charge in [0, 0.05) is 24.7 Å². The van der Waals surface area contributed by atoms with E-state index in [-0.39, 0.29) is 11.6 Å². The van der Waals surface area contributed by atoms with Crippen molar-refractivity contribution < 1.29 is 9.72 Å². The van der Waals surface area contributed by atoms with Crippen LogP contribution < -0.4 is 0 Å². The van der Waals surface area contributed by atoms with E-state index in [1.807, 2.05) is 4.90 Å². The number of non-ortho nitro benzene ring substituents is 1. The highest BCUT2D eigenvalue weighted by molar-refractivity contribution is 8.01. The minimum absolute atomic E-state index is 0.0657. The van der Waals surface area contributed by atoms with Crippen molar-refractivity contribution in [1.29, 1.82) is 0 Å². The van der Waals surface area contributed by atoms with Crippen LogP contribution in [0.3, 0.4) is 0 Å². The lowest BCUT2D eigenvalue weighted by molar-refractivity contribution is -0.384. The van der Waals surface area contributed by atoms with Crippen LogP contribution in [0.5, 0.6) is 0 Å². The lowest BCUT2D eigenvalue weighted by atomic mass is 10.0. The third-order valence-corrected chi connectivity index (χ3v) is 6.15. The molecule has 1 aliphatic rings. The van der Waals surface area contributed by atoms with Gasteiger partial charge in [0.2, 0.25) is 5.91 Å². The zero-order valence-corrected chi connectivity index (χ0v) is 14.4. The van der Waals surface area contributed by atoms with Crippen LogP contribution in [0.1, 0.15) is 26.2 Å². The Balaban J connectivity index is 1.67. The van der Waals surface area contributed by atoms with E-state index < -0.39 is 4.92 Å². The van der Waals surface area contributed by atoms with Gasteiger partial charge in [-0.05, 0) is 32.3 Å². The first-order chi connectivity index (χ1) is 11.0. The summed E-state index contributed by atoms with van der Waals surface area (Å²) in [5, 5.41) is 10.8. The Kier molecular flexibility index (Phi) is 4.82. The molecule has 8 heteroatoms. The second-order valence-electron chi connectivity index (χ2n) is 5.61. The van der Waals surface area contributed by atoms with Crippen LogP contribution in [0.2, 0.25) is 0 Å². The van der Waals surface area contributed by atoms with E-state index in [0.717, 1.165) is 33.9 Å². The smallest absolute Gasteiger partial charge is 0.270 e. The first-order valence-electron chi connectivity index (χ1n) is 7.52. The van der Waals surface area contributed by atoms with Crippen molar-refractivity contribution >= 4 is 44.9 Å². The zero-order valence-electron chi connectivity index (χ0n) is 12.7. The number of thioether (sulfide) groups is 1. The molecule has 0 bridgehead atoms. The Morgan fingerprint density at radius 3 is 3.09 bits per heavy atom. The maximum atomic E-state index is 12.3. The number of hydrogen-bond donors (Lipinski definition) is 0. The first kappa shape index (κ1) is 16.2. The Labute approximate surface area is 142 Å². The van der Waals surface area contributed by atoms with Crippen LogP contribution in [0.4, 0.5) is 5.69 Å². The number of thiazole rings is 1. The molecule has 0 N–H and O–H groups in total. The highest BCUT2D eigenvalue weighted by Crippen LogP contribution is 2.32. The molecule has 0 aliphatic carbocycles. The molecule has 1 aromatic carbocycles. The Hall–Kier alpha value is -1.67. The number of piperidine rings is 1. The fraction of sp³-hybridized carbons (Fsp3) is 0.467. The molecule has 122 valence electrons. The topological polar surface area (TPSA) is 76.3 Å². The zero-order chi connectivity index (χ0) is 16.4. The minimum Gasteiger partial charge on any atom is -0.339 e. The predicted octanol–water partition coefficient (Wildman–Crippen LogP) is 3.70. The van der Waals surface area contributed by atoms with Crippen LogP contribution in [0.15, 0.2) is 22.5 Å². The third kappa shape index (κ3) is 3.64. The van der Waals surface area contributed by atoms with Gasteiger partial charge in [-0.25, -0.2) is 4.98 Å². The number of benzene rings is 1. The highest BCUT2D eigenvalue weighted by atomic mass is 32.2. The number of carbonyl (C=O) groups excluding carboxylic acids is 1. The fourth-order valence-electron chi connectivity index (χ4n) is 2.74. The molecule has 0 radical (unpaired) electrons.